The normalized spacial score (nSPS) is 18.2. The first kappa shape index (κ1) is 11.3. The van der Waals surface area contributed by atoms with E-state index in [0.717, 1.165) is 12.8 Å². The van der Waals surface area contributed by atoms with Crippen LogP contribution in [-0.2, 0) is 0 Å². The summed E-state index contributed by atoms with van der Waals surface area (Å²) in [5, 5.41) is 0. The molecule has 1 aliphatic carbocycles. The van der Waals surface area contributed by atoms with Crippen LogP contribution in [0.5, 0.6) is 5.75 Å². The summed E-state index contributed by atoms with van der Waals surface area (Å²) in [6.07, 6.45) is -2.56. The summed E-state index contributed by atoms with van der Waals surface area (Å²) in [5.74, 6) is 0.197. The van der Waals surface area contributed by atoms with Crippen LogP contribution in [0.2, 0.25) is 0 Å². The van der Waals surface area contributed by atoms with E-state index >= 15 is 0 Å². The maximum absolute atomic E-state index is 12.0. The van der Waals surface area contributed by atoms with Crippen LogP contribution in [0.4, 0.5) is 13.2 Å². The number of ether oxygens (including phenoxy) is 1. The van der Waals surface area contributed by atoms with Crippen molar-refractivity contribution in [3.63, 3.8) is 0 Å². The summed E-state index contributed by atoms with van der Waals surface area (Å²) in [6.45, 7) is 0. The second kappa shape index (κ2) is 3.97. The second-order valence-electron chi connectivity index (χ2n) is 3.98. The molecule has 0 radical (unpaired) electrons. The van der Waals surface area contributed by atoms with E-state index in [-0.39, 0.29) is 11.8 Å². The summed E-state index contributed by atoms with van der Waals surface area (Å²) in [6, 6.07) is 5.70. The van der Waals surface area contributed by atoms with Crippen LogP contribution in [0.1, 0.15) is 24.4 Å². The van der Waals surface area contributed by atoms with Crippen LogP contribution in [0.25, 0.3) is 0 Å². The molecule has 1 atom stereocenters. The van der Waals surface area contributed by atoms with Gasteiger partial charge in [-0.05, 0) is 36.5 Å². The zero-order valence-electron chi connectivity index (χ0n) is 8.50. The number of rotatable bonds is 3. The molecule has 0 bridgehead atoms. The highest BCUT2D eigenvalue weighted by Crippen LogP contribution is 2.40. The Morgan fingerprint density at radius 2 is 2.00 bits per heavy atom. The van der Waals surface area contributed by atoms with Gasteiger partial charge in [0, 0.05) is 6.04 Å². The number of hydrogen-bond donors (Lipinski definition) is 1. The molecule has 0 saturated heterocycles. The molecule has 5 heteroatoms. The van der Waals surface area contributed by atoms with E-state index in [1.807, 2.05) is 0 Å². The molecular weight excluding hydrogens is 219 g/mol. The smallest absolute Gasteiger partial charge is 0.406 e. The SMILES string of the molecule is N[C@@H](c1cccc(OC(F)(F)F)c1)C1CC1. The number of hydrogen-bond acceptors (Lipinski definition) is 2. The highest BCUT2D eigenvalue weighted by Gasteiger charge is 2.32. The quantitative estimate of drug-likeness (QED) is 0.867. The monoisotopic (exact) mass is 231 g/mol. The molecule has 1 fully saturated rings. The number of benzene rings is 1. The van der Waals surface area contributed by atoms with Crippen molar-refractivity contribution >= 4 is 0 Å². The maximum atomic E-state index is 12.0. The highest BCUT2D eigenvalue weighted by atomic mass is 19.4. The van der Waals surface area contributed by atoms with E-state index in [9.17, 15) is 13.2 Å². The predicted octanol–water partition coefficient (Wildman–Crippen LogP) is 3.00. The minimum absolute atomic E-state index is 0.184. The van der Waals surface area contributed by atoms with Gasteiger partial charge in [-0.2, -0.15) is 0 Å². The Balaban J connectivity index is 2.12. The first-order valence-electron chi connectivity index (χ1n) is 5.07. The van der Waals surface area contributed by atoms with Gasteiger partial charge >= 0.3 is 6.36 Å². The van der Waals surface area contributed by atoms with Gasteiger partial charge in [-0.15, -0.1) is 13.2 Å². The lowest BCUT2D eigenvalue weighted by Gasteiger charge is -2.13. The van der Waals surface area contributed by atoms with Crippen molar-refractivity contribution in [3.8, 4) is 5.75 Å². The van der Waals surface area contributed by atoms with Gasteiger partial charge in [-0.25, -0.2) is 0 Å². The Kier molecular flexibility index (Phi) is 2.80. The largest absolute Gasteiger partial charge is 0.573 e. The fourth-order valence-corrected chi connectivity index (χ4v) is 1.65. The van der Waals surface area contributed by atoms with Crippen LogP contribution in [-0.4, -0.2) is 6.36 Å². The van der Waals surface area contributed by atoms with Crippen LogP contribution in [0, 0.1) is 5.92 Å². The minimum atomic E-state index is -4.65. The lowest BCUT2D eigenvalue weighted by atomic mass is 10.0. The van der Waals surface area contributed by atoms with E-state index in [1.54, 1.807) is 6.07 Å². The third-order valence-electron chi connectivity index (χ3n) is 2.61. The average Bonchev–Trinajstić information content (AvgIpc) is 2.97. The van der Waals surface area contributed by atoms with Crippen molar-refractivity contribution in [2.45, 2.75) is 25.2 Å². The molecule has 2 N–H and O–H groups in total. The molecule has 1 saturated carbocycles. The zero-order valence-corrected chi connectivity index (χ0v) is 8.50. The molecule has 0 aliphatic heterocycles. The number of nitrogens with two attached hydrogens (primary N) is 1. The van der Waals surface area contributed by atoms with Gasteiger partial charge < -0.3 is 10.5 Å². The van der Waals surface area contributed by atoms with Gasteiger partial charge in [0.2, 0.25) is 0 Å². The molecule has 0 heterocycles. The fourth-order valence-electron chi connectivity index (χ4n) is 1.65. The summed E-state index contributed by atoms with van der Waals surface area (Å²) < 4.78 is 39.8. The van der Waals surface area contributed by atoms with E-state index in [4.69, 9.17) is 5.73 Å². The van der Waals surface area contributed by atoms with E-state index in [0.29, 0.717) is 11.5 Å². The van der Waals surface area contributed by atoms with E-state index in [2.05, 4.69) is 4.74 Å². The summed E-state index contributed by atoms with van der Waals surface area (Å²) >= 11 is 0. The molecule has 16 heavy (non-hydrogen) atoms. The molecule has 88 valence electrons. The molecule has 0 unspecified atom stereocenters. The van der Waals surface area contributed by atoms with Gasteiger partial charge in [-0.1, -0.05) is 12.1 Å². The maximum Gasteiger partial charge on any atom is 0.573 e. The fraction of sp³-hybridized carbons (Fsp3) is 0.455. The Hall–Kier alpha value is -1.23. The van der Waals surface area contributed by atoms with Gasteiger partial charge in [0.05, 0.1) is 0 Å². The first-order valence-corrected chi connectivity index (χ1v) is 5.07. The van der Waals surface area contributed by atoms with E-state index < -0.39 is 6.36 Å². The summed E-state index contributed by atoms with van der Waals surface area (Å²) in [4.78, 5) is 0. The number of halogens is 3. The Morgan fingerprint density at radius 1 is 1.31 bits per heavy atom. The number of alkyl halides is 3. The Bertz CT molecular complexity index is 374. The molecule has 2 nitrogen and oxygen atoms in total. The topological polar surface area (TPSA) is 35.2 Å². The van der Waals surface area contributed by atoms with Crippen LogP contribution >= 0.6 is 0 Å². The third kappa shape index (κ3) is 2.88. The molecule has 2 rings (SSSR count). The van der Waals surface area contributed by atoms with Crippen LogP contribution in [0.15, 0.2) is 24.3 Å². The van der Waals surface area contributed by atoms with Crippen molar-refractivity contribution in [3.05, 3.63) is 29.8 Å². The molecule has 1 aromatic carbocycles. The van der Waals surface area contributed by atoms with Gasteiger partial charge in [-0.3, -0.25) is 0 Å². The standard InChI is InChI=1S/C11H12F3NO/c12-11(13,14)16-9-3-1-2-8(6-9)10(15)7-4-5-7/h1-3,6-7,10H,4-5,15H2/t10-/m1/s1. The molecule has 1 aromatic rings. The minimum Gasteiger partial charge on any atom is -0.406 e. The lowest BCUT2D eigenvalue weighted by molar-refractivity contribution is -0.274. The Labute approximate surface area is 91.2 Å². The van der Waals surface area contributed by atoms with Crippen molar-refractivity contribution in [1.29, 1.82) is 0 Å². The molecule has 0 spiro atoms. The third-order valence-corrected chi connectivity index (χ3v) is 2.61. The summed E-state index contributed by atoms with van der Waals surface area (Å²) in [5.41, 5.74) is 6.59. The Morgan fingerprint density at radius 3 is 2.56 bits per heavy atom. The van der Waals surface area contributed by atoms with Gasteiger partial charge in [0.25, 0.3) is 0 Å². The van der Waals surface area contributed by atoms with Crippen molar-refractivity contribution < 1.29 is 17.9 Å². The van der Waals surface area contributed by atoms with E-state index in [1.165, 1.54) is 18.2 Å². The first-order chi connectivity index (χ1) is 7.46. The van der Waals surface area contributed by atoms with Crippen molar-refractivity contribution in [1.82, 2.24) is 0 Å². The average molecular weight is 231 g/mol. The molecule has 1 aliphatic rings. The van der Waals surface area contributed by atoms with Gasteiger partial charge in [0.1, 0.15) is 5.75 Å². The highest BCUT2D eigenvalue weighted by molar-refractivity contribution is 5.31. The van der Waals surface area contributed by atoms with Crippen LogP contribution in [0.3, 0.4) is 0 Å². The molecular formula is C11H12F3NO. The molecule has 0 amide bonds. The second-order valence-corrected chi connectivity index (χ2v) is 3.98. The van der Waals surface area contributed by atoms with Crippen LogP contribution < -0.4 is 10.5 Å². The van der Waals surface area contributed by atoms with Gasteiger partial charge in [0.15, 0.2) is 0 Å². The lowest BCUT2D eigenvalue weighted by Crippen LogP contribution is -2.18. The van der Waals surface area contributed by atoms with Crippen molar-refractivity contribution in [2.75, 3.05) is 0 Å². The summed E-state index contributed by atoms with van der Waals surface area (Å²) in [7, 11) is 0. The zero-order chi connectivity index (χ0) is 11.8. The molecule has 0 aromatic heterocycles. The van der Waals surface area contributed by atoms with Crippen molar-refractivity contribution in [2.24, 2.45) is 11.7 Å². The predicted molar refractivity (Wildman–Crippen MR) is 52.8 cm³/mol.